The maximum atomic E-state index is 12.9. The molecular weight excluding hydrogens is 290 g/mol. The molecule has 3 saturated carbocycles. The Hall–Kier alpha value is -1.97. The Bertz CT molecular complexity index is 708. The number of hydrogen-bond acceptors (Lipinski definition) is 3. The zero-order valence-electron chi connectivity index (χ0n) is 13.5. The molecule has 0 radical (unpaired) electrons. The van der Waals surface area contributed by atoms with Crippen molar-refractivity contribution in [3.8, 4) is 0 Å². The smallest absolute Gasteiger partial charge is 0.238 e. The quantitative estimate of drug-likeness (QED) is 0.789. The van der Waals surface area contributed by atoms with Gasteiger partial charge in [-0.15, -0.1) is 0 Å². The molecule has 4 aliphatic rings. The topological polar surface area (TPSA) is 54.5 Å². The molecule has 1 aliphatic heterocycles. The van der Waals surface area contributed by atoms with Crippen LogP contribution in [0.4, 0.5) is 5.69 Å². The average Bonchev–Trinajstić information content (AvgIpc) is 2.81. The van der Waals surface area contributed by atoms with Gasteiger partial charge in [-0.2, -0.15) is 0 Å². The number of carbonyl (C=O) groups is 3. The fraction of sp³-hybridized carbons (Fsp3) is 0.526. The second-order valence-corrected chi connectivity index (χ2v) is 7.43. The number of ketones is 1. The Kier molecular flexibility index (Phi) is 3.19. The van der Waals surface area contributed by atoms with Gasteiger partial charge in [0.2, 0.25) is 11.8 Å². The van der Waals surface area contributed by atoms with Crippen LogP contribution < -0.4 is 4.90 Å². The van der Waals surface area contributed by atoms with Crippen LogP contribution in [-0.4, -0.2) is 17.6 Å². The maximum Gasteiger partial charge on any atom is 0.238 e. The third-order valence-electron chi connectivity index (χ3n) is 5.86. The lowest BCUT2D eigenvalue weighted by Gasteiger charge is -2.41. The highest BCUT2D eigenvalue weighted by Crippen LogP contribution is 2.52. The largest absolute Gasteiger partial charge is 0.299 e. The number of hydrogen-bond donors (Lipinski definition) is 0. The molecule has 2 amide bonds. The maximum absolute atomic E-state index is 12.9. The molecule has 3 aliphatic carbocycles. The first-order chi connectivity index (χ1) is 11.0. The summed E-state index contributed by atoms with van der Waals surface area (Å²) in [5, 5.41) is 0. The molecule has 4 atom stereocenters. The summed E-state index contributed by atoms with van der Waals surface area (Å²) in [7, 11) is 0. The van der Waals surface area contributed by atoms with E-state index in [2.05, 4.69) is 13.8 Å². The summed E-state index contributed by atoms with van der Waals surface area (Å²) in [6.07, 6.45) is 2.14. The number of nitrogens with zero attached hydrogens (tertiary/aromatic N) is 1. The summed E-state index contributed by atoms with van der Waals surface area (Å²) < 4.78 is 0. The predicted octanol–water partition coefficient (Wildman–Crippen LogP) is 2.91. The van der Waals surface area contributed by atoms with Crippen LogP contribution in [0.25, 0.3) is 0 Å². The normalized spacial score (nSPS) is 32.8. The van der Waals surface area contributed by atoms with E-state index in [-0.39, 0.29) is 35.4 Å². The van der Waals surface area contributed by atoms with E-state index in [1.54, 1.807) is 0 Å². The second kappa shape index (κ2) is 5.02. The zero-order valence-corrected chi connectivity index (χ0v) is 13.5. The molecule has 0 unspecified atom stereocenters. The van der Waals surface area contributed by atoms with E-state index < -0.39 is 5.92 Å². The van der Waals surface area contributed by atoms with Crippen LogP contribution in [0.15, 0.2) is 24.3 Å². The van der Waals surface area contributed by atoms with Crippen molar-refractivity contribution in [2.24, 2.45) is 23.7 Å². The van der Waals surface area contributed by atoms with Gasteiger partial charge in [-0.3, -0.25) is 19.3 Å². The first kappa shape index (κ1) is 14.6. The summed E-state index contributed by atoms with van der Waals surface area (Å²) in [4.78, 5) is 39.3. The Labute approximate surface area is 135 Å². The Morgan fingerprint density at radius 2 is 1.78 bits per heavy atom. The van der Waals surface area contributed by atoms with E-state index in [9.17, 15) is 14.4 Å². The minimum Gasteiger partial charge on any atom is -0.299 e. The number of anilines is 1. The molecule has 0 aromatic heterocycles. The highest BCUT2D eigenvalue weighted by atomic mass is 16.2. The molecule has 2 bridgehead atoms. The molecule has 4 heteroatoms. The van der Waals surface area contributed by atoms with Crippen LogP contribution in [0, 0.1) is 23.7 Å². The third kappa shape index (κ3) is 2.00. The standard InChI is InChI=1S/C19H21NO3/c1-10(2)11-4-3-5-13(8-11)20-18(22)16-12-6-7-14(15(21)9-12)17(16)19(20)23/h3-5,8,10,12,14,16-17H,6-7,9H2,1-2H3/t12-,14+,16+,17-/m0/s1. The highest BCUT2D eigenvalue weighted by Gasteiger charge is 2.60. The molecule has 5 rings (SSSR count). The summed E-state index contributed by atoms with van der Waals surface area (Å²) in [5.41, 5.74) is 1.77. The Morgan fingerprint density at radius 3 is 2.48 bits per heavy atom. The lowest BCUT2D eigenvalue weighted by atomic mass is 9.59. The number of imide groups is 1. The molecule has 0 spiro atoms. The monoisotopic (exact) mass is 311 g/mol. The van der Waals surface area contributed by atoms with Gasteiger partial charge in [0.25, 0.3) is 0 Å². The van der Waals surface area contributed by atoms with E-state index in [1.807, 2.05) is 24.3 Å². The summed E-state index contributed by atoms with van der Waals surface area (Å²) in [6.45, 7) is 4.18. The lowest BCUT2D eigenvalue weighted by molar-refractivity contribution is -0.143. The first-order valence-electron chi connectivity index (χ1n) is 8.49. The van der Waals surface area contributed by atoms with Crippen LogP contribution >= 0.6 is 0 Å². The number of fused-ring (bicyclic) bond motifs is 2. The molecule has 23 heavy (non-hydrogen) atoms. The Morgan fingerprint density at radius 1 is 1.04 bits per heavy atom. The van der Waals surface area contributed by atoms with Crippen molar-refractivity contribution >= 4 is 23.3 Å². The van der Waals surface area contributed by atoms with Crippen molar-refractivity contribution in [1.29, 1.82) is 0 Å². The van der Waals surface area contributed by atoms with Crippen molar-refractivity contribution in [3.05, 3.63) is 29.8 Å². The van der Waals surface area contributed by atoms with Gasteiger partial charge in [-0.25, -0.2) is 0 Å². The van der Waals surface area contributed by atoms with E-state index in [0.29, 0.717) is 18.0 Å². The first-order valence-corrected chi connectivity index (χ1v) is 8.49. The van der Waals surface area contributed by atoms with Gasteiger partial charge in [-0.1, -0.05) is 26.0 Å². The second-order valence-electron chi connectivity index (χ2n) is 7.43. The number of rotatable bonds is 2. The van der Waals surface area contributed by atoms with Crippen molar-refractivity contribution < 1.29 is 14.4 Å². The van der Waals surface area contributed by atoms with Gasteiger partial charge >= 0.3 is 0 Å². The minimum atomic E-state index is -0.412. The molecule has 120 valence electrons. The highest BCUT2D eigenvalue weighted by molar-refractivity contribution is 6.23. The van der Waals surface area contributed by atoms with Gasteiger partial charge in [0.05, 0.1) is 17.5 Å². The lowest BCUT2D eigenvalue weighted by Crippen LogP contribution is -2.46. The molecule has 4 nitrogen and oxygen atoms in total. The van der Waals surface area contributed by atoms with Gasteiger partial charge in [0.15, 0.2) is 0 Å². The minimum absolute atomic E-state index is 0.0623. The molecular formula is C19H21NO3. The van der Waals surface area contributed by atoms with Crippen molar-refractivity contribution in [2.75, 3.05) is 4.90 Å². The number of carbonyl (C=O) groups excluding carboxylic acids is 3. The van der Waals surface area contributed by atoms with Crippen molar-refractivity contribution in [2.45, 2.75) is 39.0 Å². The SMILES string of the molecule is CC(C)c1cccc(N2C(=O)[C@@H]3[C@H]4CC[C@H](C(=O)C4)[C@@H]3C2=O)c1. The fourth-order valence-corrected chi connectivity index (χ4v) is 4.66. The summed E-state index contributed by atoms with van der Waals surface area (Å²) in [6, 6.07) is 7.66. The molecule has 1 aromatic rings. The van der Waals surface area contributed by atoms with Crippen LogP contribution in [0.2, 0.25) is 0 Å². The number of benzene rings is 1. The van der Waals surface area contributed by atoms with Crippen molar-refractivity contribution in [1.82, 2.24) is 0 Å². The van der Waals surface area contributed by atoms with E-state index in [1.165, 1.54) is 4.90 Å². The summed E-state index contributed by atoms with van der Waals surface area (Å²) in [5.74, 6) is -0.602. The van der Waals surface area contributed by atoms with Gasteiger partial charge in [-0.05, 0) is 42.4 Å². The van der Waals surface area contributed by atoms with Crippen LogP contribution in [0.5, 0.6) is 0 Å². The molecule has 1 saturated heterocycles. The molecule has 0 N–H and O–H groups in total. The predicted molar refractivity (Wildman–Crippen MR) is 85.8 cm³/mol. The van der Waals surface area contributed by atoms with E-state index in [4.69, 9.17) is 0 Å². The number of Topliss-reactive ketones (excluding diaryl/α,β-unsaturated/α-hetero) is 1. The van der Waals surface area contributed by atoms with Gasteiger partial charge in [0, 0.05) is 12.3 Å². The van der Waals surface area contributed by atoms with Crippen molar-refractivity contribution in [3.63, 3.8) is 0 Å². The summed E-state index contributed by atoms with van der Waals surface area (Å²) >= 11 is 0. The fourth-order valence-electron chi connectivity index (χ4n) is 4.66. The molecule has 1 aromatic carbocycles. The molecule has 1 heterocycles. The van der Waals surface area contributed by atoms with Gasteiger partial charge < -0.3 is 0 Å². The van der Waals surface area contributed by atoms with Crippen LogP contribution in [-0.2, 0) is 14.4 Å². The molecule has 4 fully saturated rings. The Balaban J connectivity index is 1.74. The van der Waals surface area contributed by atoms with Crippen LogP contribution in [0.3, 0.4) is 0 Å². The third-order valence-corrected chi connectivity index (χ3v) is 5.86. The average molecular weight is 311 g/mol. The van der Waals surface area contributed by atoms with E-state index >= 15 is 0 Å². The van der Waals surface area contributed by atoms with Crippen LogP contribution in [0.1, 0.15) is 44.6 Å². The number of amides is 2. The van der Waals surface area contributed by atoms with E-state index in [0.717, 1.165) is 18.4 Å². The zero-order chi connectivity index (χ0) is 16.3. The van der Waals surface area contributed by atoms with Gasteiger partial charge in [0.1, 0.15) is 5.78 Å².